The molecule has 1 N–H and O–H groups in total. The van der Waals surface area contributed by atoms with E-state index in [0.717, 1.165) is 12.0 Å². The molecule has 0 saturated heterocycles. The summed E-state index contributed by atoms with van der Waals surface area (Å²) in [5, 5.41) is 12.5. The van der Waals surface area contributed by atoms with Gasteiger partial charge in [-0.1, -0.05) is 13.0 Å². The molecule has 0 radical (unpaired) electrons. The van der Waals surface area contributed by atoms with Crippen molar-refractivity contribution in [1.29, 1.82) is 0 Å². The lowest BCUT2D eigenvalue weighted by molar-refractivity contribution is 0.283. The lowest BCUT2D eigenvalue weighted by atomic mass is 10.0. The van der Waals surface area contributed by atoms with E-state index in [0.29, 0.717) is 0 Å². The lowest BCUT2D eigenvalue weighted by Gasteiger charge is -2.04. The first kappa shape index (κ1) is 9.69. The van der Waals surface area contributed by atoms with Crippen LogP contribution in [-0.4, -0.2) is 5.11 Å². The molecule has 1 aromatic carbocycles. The molecule has 0 aliphatic carbocycles. The predicted octanol–water partition coefficient (Wildman–Crippen LogP) is 3.26. The highest BCUT2D eigenvalue weighted by Gasteiger charge is 2.07. The van der Waals surface area contributed by atoms with Gasteiger partial charge in [0, 0.05) is 10.1 Å². The predicted molar refractivity (Wildman–Crippen MR) is 61.9 cm³/mol. The van der Waals surface area contributed by atoms with Gasteiger partial charge in [-0.3, -0.25) is 0 Å². The van der Waals surface area contributed by atoms with E-state index in [4.69, 9.17) is 0 Å². The molecule has 0 aliphatic rings. The fraction of sp³-hybridized carbons (Fsp3) is 0.333. The average Bonchev–Trinajstić information content (AvgIpc) is 2.59. The van der Waals surface area contributed by atoms with Gasteiger partial charge < -0.3 is 5.11 Å². The number of hydrogen-bond acceptors (Lipinski definition) is 2. The summed E-state index contributed by atoms with van der Waals surface area (Å²) in [4.78, 5) is 0. The number of rotatable bonds is 2. The van der Waals surface area contributed by atoms with Gasteiger partial charge >= 0.3 is 0 Å². The third-order valence-electron chi connectivity index (χ3n) is 2.53. The molecular formula is C12H14OS. The van der Waals surface area contributed by atoms with Crippen molar-refractivity contribution in [2.24, 2.45) is 0 Å². The number of aliphatic hydroxyl groups is 1. The Hall–Kier alpha value is -0.860. The first-order chi connectivity index (χ1) is 6.76. The summed E-state index contributed by atoms with van der Waals surface area (Å²) in [5.41, 5.74) is 3.73. The van der Waals surface area contributed by atoms with E-state index >= 15 is 0 Å². The van der Waals surface area contributed by atoms with E-state index in [2.05, 4.69) is 31.4 Å². The summed E-state index contributed by atoms with van der Waals surface area (Å²) in [6.07, 6.45) is 1.03. The fourth-order valence-electron chi connectivity index (χ4n) is 1.87. The quantitative estimate of drug-likeness (QED) is 0.799. The van der Waals surface area contributed by atoms with Crippen LogP contribution < -0.4 is 0 Å². The number of hydrogen-bond donors (Lipinski definition) is 1. The van der Waals surface area contributed by atoms with Crippen LogP contribution in [0.2, 0.25) is 0 Å². The molecule has 14 heavy (non-hydrogen) atoms. The molecule has 0 aliphatic heterocycles. The minimum atomic E-state index is 0.149. The van der Waals surface area contributed by atoms with Crippen molar-refractivity contribution >= 4 is 21.4 Å². The number of benzene rings is 1. The third-order valence-corrected chi connectivity index (χ3v) is 3.51. The van der Waals surface area contributed by atoms with Gasteiger partial charge in [-0.05, 0) is 41.5 Å². The Morgan fingerprint density at radius 3 is 2.71 bits per heavy atom. The summed E-state index contributed by atoms with van der Waals surface area (Å²) < 4.78 is 1.30. The topological polar surface area (TPSA) is 20.2 Å². The van der Waals surface area contributed by atoms with Crippen molar-refractivity contribution in [3.63, 3.8) is 0 Å². The highest BCUT2D eigenvalue weighted by molar-refractivity contribution is 7.17. The van der Waals surface area contributed by atoms with Gasteiger partial charge in [-0.15, -0.1) is 11.3 Å². The second-order valence-electron chi connectivity index (χ2n) is 3.57. The minimum absolute atomic E-state index is 0.149. The summed E-state index contributed by atoms with van der Waals surface area (Å²) in [7, 11) is 0. The number of aliphatic hydroxyl groups excluding tert-OH is 1. The molecule has 1 nitrogen and oxygen atoms in total. The van der Waals surface area contributed by atoms with E-state index in [9.17, 15) is 5.11 Å². The second kappa shape index (κ2) is 3.71. The van der Waals surface area contributed by atoms with E-state index in [1.165, 1.54) is 21.2 Å². The largest absolute Gasteiger partial charge is 0.392 e. The van der Waals surface area contributed by atoms with Crippen molar-refractivity contribution in [1.82, 2.24) is 0 Å². The van der Waals surface area contributed by atoms with E-state index in [-0.39, 0.29) is 6.61 Å². The van der Waals surface area contributed by atoms with E-state index < -0.39 is 0 Å². The maximum absolute atomic E-state index is 9.22. The van der Waals surface area contributed by atoms with Gasteiger partial charge in [0.15, 0.2) is 0 Å². The number of thiophene rings is 1. The van der Waals surface area contributed by atoms with Gasteiger partial charge in [0.05, 0.1) is 6.61 Å². The van der Waals surface area contributed by atoms with Crippen molar-refractivity contribution in [3.8, 4) is 0 Å². The maximum Gasteiger partial charge on any atom is 0.0696 e. The molecular weight excluding hydrogens is 192 g/mol. The summed E-state index contributed by atoms with van der Waals surface area (Å²) >= 11 is 1.72. The number of fused-ring (bicyclic) bond motifs is 1. The SMILES string of the molecule is CCc1cc(C)cc2scc(CO)c12. The Morgan fingerprint density at radius 2 is 2.07 bits per heavy atom. The van der Waals surface area contributed by atoms with Crippen LogP contribution in [-0.2, 0) is 13.0 Å². The Kier molecular flexibility index (Phi) is 2.57. The third kappa shape index (κ3) is 1.45. The molecule has 1 aromatic heterocycles. The van der Waals surface area contributed by atoms with E-state index in [1.807, 2.05) is 0 Å². The Morgan fingerprint density at radius 1 is 1.29 bits per heavy atom. The molecule has 2 aromatic rings. The van der Waals surface area contributed by atoms with Gasteiger partial charge in [0.2, 0.25) is 0 Å². The number of aryl methyl sites for hydroxylation is 2. The smallest absolute Gasteiger partial charge is 0.0696 e. The Balaban J connectivity index is 2.78. The molecule has 0 bridgehead atoms. The van der Waals surface area contributed by atoms with Gasteiger partial charge in [-0.25, -0.2) is 0 Å². The van der Waals surface area contributed by atoms with E-state index in [1.54, 1.807) is 11.3 Å². The molecule has 0 atom stereocenters. The molecule has 0 amide bonds. The average molecular weight is 206 g/mol. The molecule has 0 saturated carbocycles. The van der Waals surface area contributed by atoms with Crippen LogP contribution >= 0.6 is 11.3 Å². The van der Waals surface area contributed by atoms with Crippen LogP contribution in [0.25, 0.3) is 10.1 Å². The van der Waals surface area contributed by atoms with Crippen molar-refractivity contribution < 1.29 is 5.11 Å². The molecule has 1 heterocycles. The molecule has 0 spiro atoms. The maximum atomic E-state index is 9.22. The van der Waals surface area contributed by atoms with Crippen molar-refractivity contribution in [3.05, 3.63) is 34.2 Å². The zero-order valence-electron chi connectivity index (χ0n) is 8.50. The summed E-state index contributed by atoms with van der Waals surface area (Å²) in [6.45, 7) is 4.43. The van der Waals surface area contributed by atoms with Crippen LogP contribution in [0.3, 0.4) is 0 Å². The lowest BCUT2D eigenvalue weighted by Crippen LogP contribution is -1.87. The molecule has 2 rings (SSSR count). The zero-order chi connectivity index (χ0) is 10.1. The first-order valence-corrected chi connectivity index (χ1v) is 5.74. The molecule has 74 valence electrons. The van der Waals surface area contributed by atoms with Gasteiger partial charge in [-0.2, -0.15) is 0 Å². The zero-order valence-corrected chi connectivity index (χ0v) is 9.32. The monoisotopic (exact) mass is 206 g/mol. The standard InChI is InChI=1S/C12H14OS/c1-3-9-4-8(2)5-11-12(9)10(6-13)7-14-11/h4-5,7,13H,3,6H2,1-2H3. The summed E-state index contributed by atoms with van der Waals surface area (Å²) in [5.74, 6) is 0. The highest BCUT2D eigenvalue weighted by atomic mass is 32.1. The molecule has 0 fully saturated rings. The van der Waals surface area contributed by atoms with Gasteiger partial charge in [0.25, 0.3) is 0 Å². The van der Waals surface area contributed by atoms with Crippen LogP contribution in [0.1, 0.15) is 23.6 Å². The first-order valence-electron chi connectivity index (χ1n) is 4.86. The Labute approximate surface area is 88.0 Å². The fourth-order valence-corrected chi connectivity index (χ4v) is 2.97. The van der Waals surface area contributed by atoms with Crippen molar-refractivity contribution in [2.45, 2.75) is 26.9 Å². The highest BCUT2D eigenvalue weighted by Crippen LogP contribution is 2.30. The normalized spacial score (nSPS) is 11.1. The second-order valence-corrected chi connectivity index (χ2v) is 4.48. The van der Waals surface area contributed by atoms with Gasteiger partial charge in [0.1, 0.15) is 0 Å². The van der Waals surface area contributed by atoms with Crippen LogP contribution in [0.4, 0.5) is 0 Å². The van der Waals surface area contributed by atoms with Crippen molar-refractivity contribution in [2.75, 3.05) is 0 Å². The Bertz CT molecular complexity index is 457. The van der Waals surface area contributed by atoms with Crippen LogP contribution in [0.15, 0.2) is 17.5 Å². The summed E-state index contributed by atoms with van der Waals surface area (Å²) in [6, 6.07) is 4.41. The minimum Gasteiger partial charge on any atom is -0.392 e. The molecule has 2 heteroatoms. The van der Waals surface area contributed by atoms with Crippen LogP contribution in [0, 0.1) is 6.92 Å². The molecule has 0 unspecified atom stereocenters. The van der Waals surface area contributed by atoms with Crippen LogP contribution in [0.5, 0.6) is 0 Å².